The summed E-state index contributed by atoms with van der Waals surface area (Å²) in [6.07, 6.45) is 5.80. The van der Waals surface area contributed by atoms with Gasteiger partial charge in [0.15, 0.2) is 0 Å². The number of thioether (sulfide) groups is 1. The van der Waals surface area contributed by atoms with Crippen molar-refractivity contribution in [1.82, 2.24) is 25.9 Å². The fraction of sp³-hybridized carbons (Fsp3) is 0.619. The summed E-state index contributed by atoms with van der Waals surface area (Å²) in [4.78, 5) is 68.0. The summed E-state index contributed by atoms with van der Waals surface area (Å²) in [7, 11) is 0. The first-order valence-electron chi connectivity index (χ1n) is 11.4. The highest BCUT2D eigenvalue weighted by Gasteiger charge is 2.31. The summed E-state index contributed by atoms with van der Waals surface area (Å²) in [6, 6.07) is -4.63. The number of rotatable bonds is 18. The van der Waals surface area contributed by atoms with Crippen molar-refractivity contribution in [2.45, 2.75) is 62.7 Å². The molecule has 0 aliphatic carbocycles. The molecular formula is C21H36N8O6S. The number of aliphatic carboxylic acids is 1. The number of nitrogens with two attached hydrogens (primary N) is 3. The van der Waals surface area contributed by atoms with E-state index in [0.717, 1.165) is 0 Å². The van der Waals surface area contributed by atoms with Crippen molar-refractivity contribution in [3.05, 3.63) is 18.2 Å². The van der Waals surface area contributed by atoms with E-state index in [1.807, 2.05) is 6.26 Å². The van der Waals surface area contributed by atoms with Crippen molar-refractivity contribution >= 4 is 41.4 Å². The Morgan fingerprint density at radius 1 is 1.03 bits per heavy atom. The molecule has 0 saturated heterocycles. The van der Waals surface area contributed by atoms with Gasteiger partial charge >= 0.3 is 5.97 Å². The van der Waals surface area contributed by atoms with Gasteiger partial charge in [-0.25, -0.2) is 9.78 Å². The number of unbranched alkanes of at least 4 members (excludes halogenated alkanes) is 1. The Hall–Kier alpha value is -3.17. The van der Waals surface area contributed by atoms with E-state index >= 15 is 0 Å². The van der Waals surface area contributed by atoms with Crippen LogP contribution in [-0.4, -0.2) is 87.4 Å². The van der Waals surface area contributed by atoms with Crippen molar-refractivity contribution in [3.8, 4) is 0 Å². The molecule has 1 heterocycles. The van der Waals surface area contributed by atoms with Gasteiger partial charge in [-0.05, 0) is 44.2 Å². The number of aromatic amines is 1. The van der Waals surface area contributed by atoms with Crippen LogP contribution < -0.4 is 33.2 Å². The summed E-state index contributed by atoms with van der Waals surface area (Å²) in [5, 5.41) is 16.7. The van der Waals surface area contributed by atoms with Gasteiger partial charge < -0.3 is 43.2 Å². The summed E-state index contributed by atoms with van der Waals surface area (Å²) in [6.45, 7) is 0.355. The van der Waals surface area contributed by atoms with E-state index in [9.17, 15) is 29.1 Å². The molecule has 0 aromatic carbocycles. The minimum Gasteiger partial charge on any atom is -0.480 e. The molecule has 15 heteroatoms. The van der Waals surface area contributed by atoms with E-state index in [1.54, 1.807) is 0 Å². The number of carboxylic acids is 1. The lowest BCUT2D eigenvalue weighted by atomic mass is 10.0. The second kappa shape index (κ2) is 16.5. The third-order valence-corrected chi connectivity index (χ3v) is 5.83. The molecule has 0 aliphatic rings. The molecule has 0 saturated carbocycles. The highest BCUT2D eigenvalue weighted by atomic mass is 32.2. The van der Waals surface area contributed by atoms with Gasteiger partial charge in [-0.15, -0.1) is 0 Å². The number of imidazole rings is 1. The number of hydrogen-bond donors (Lipinski definition) is 8. The summed E-state index contributed by atoms with van der Waals surface area (Å²) in [5.74, 6) is -3.71. The molecule has 1 aromatic heterocycles. The number of carbonyl (C=O) groups excluding carboxylic acids is 4. The van der Waals surface area contributed by atoms with Gasteiger partial charge in [0.2, 0.25) is 23.6 Å². The molecule has 14 nitrogen and oxygen atoms in total. The Bertz CT molecular complexity index is 869. The number of nitrogens with zero attached hydrogens (tertiary/aromatic N) is 1. The molecule has 0 fully saturated rings. The first kappa shape index (κ1) is 30.9. The van der Waals surface area contributed by atoms with E-state index < -0.39 is 60.2 Å². The second-order valence-corrected chi connectivity index (χ2v) is 9.13. The lowest BCUT2D eigenvalue weighted by molar-refractivity contribution is -0.143. The van der Waals surface area contributed by atoms with Gasteiger partial charge in [0, 0.05) is 18.3 Å². The van der Waals surface area contributed by atoms with E-state index in [0.29, 0.717) is 37.3 Å². The van der Waals surface area contributed by atoms with E-state index in [4.69, 9.17) is 17.2 Å². The van der Waals surface area contributed by atoms with Crippen LogP contribution in [0.25, 0.3) is 0 Å². The standard InChI is InChI=1S/C21H36N8O6S/c1-36-7-5-13(23)18(31)28-15(8-12-10-25-11-26-12)20(33)27-14(4-2-3-6-22)19(32)29-16(21(34)35)9-17(24)30/h10-11,13-16H,2-9,22-23H2,1H3,(H2,24,30)(H,25,26)(H,27,33)(H,28,31)(H,29,32)(H,34,35). The predicted octanol–water partition coefficient (Wildman–Crippen LogP) is -2.42. The fourth-order valence-corrected chi connectivity index (χ4v) is 3.68. The smallest absolute Gasteiger partial charge is 0.326 e. The fourth-order valence-electron chi connectivity index (χ4n) is 3.19. The molecule has 11 N–H and O–H groups in total. The lowest BCUT2D eigenvalue weighted by Gasteiger charge is -2.25. The van der Waals surface area contributed by atoms with Crippen molar-refractivity contribution in [2.75, 3.05) is 18.6 Å². The topological polar surface area (TPSA) is 248 Å². The summed E-state index contributed by atoms with van der Waals surface area (Å²) >= 11 is 1.53. The van der Waals surface area contributed by atoms with Crippen molar-refractivity contribution in [1.29, 1.82) is 0 Å². The summed E-state index contributed by atoms with van der Waals surface area (Å²) in [5.41, 5.74) is 17.1. The third kappa shape index (κ3) is 11.5. The van der Waals surface area contributed by atoms with Crippen molar-refractivity contribution in [2.24, 2.45) is 17.2 Å². The largest absolute Gasteiger partial charge is 0.480 e. The van der Waals surface area contributed by atoms with Crippen LogP contribution in [0.3, 0.4) is 0 Å². The zero-order valence-electron chi connectivity index (χ0n) is 20.2. The van der Waals surface area contributed by atoms with Gasteiger partial charge in [-0.1, -0.05) is 0 Å². The first-order valence-corrected chi connectivity index (χ1v) is 12.8. The number of H-pyrrole nitrogens is 1. The minimum atomic E-state index is -1.56. The van der Waals surface area contributed by atoms with Crippen molar-refractivity contribution in [3.63, 3.8) is 0 Å². The Labute approximate surface area is 213 Å². The third-order valence-electron chi connectivity index (χ3n) is 5.18. The van der Waals surface area contributed by atoms with Crippen LogP contribution in [-0.2, 0) is 30.4 Å². The molecule has 1 rings (SSSR count). The molecule has 0 bridgehead atoms. The van der Waals surface area contributed by atoms with E-state index in [1.165, 1.54) is 24.3 Å². The number of carbonyl (C=O) groups is 5. The van der Waals surface area contributed by atoms with Gasteiger partial charge in [0.1, 0.15) is 18.1 Å². The van der Waals surface area contributed by atoms with E-state index in [-0.39, 0.29) is 12.8 Å². The van der Waals surface area contributed by atoms with E-state index in [2.05, 4.69) is 25.9 Å². The normalized spacial score (nSPS) is 14.2. The average molecular weight is 529 g/mol. The van der Waals surface area contributed by atoms with Crippen LogP contribution >= 0.6 is 11.8 Å². The monoisotopic (exact) mass is 528 g/mol. The first-order chi connectivity index (χ1) is 17.1. The number of primary amides is 1. The van der Waals surface area contributed by atoms with Gasteiger partial charge in [0.25, 0.3) is 0 Å². The number of hydrogen-bond acceptors (Lipinski definition) is 9. The number of nitrogens with one attached hydrogen (secondary N) is 4. The lowest BCUT2D eigenvalue weighted by Crippen LogP contribution is -2.57. The number of amides is 4. The molecule has 0 radical (unpaired) electrons. The molecule has 202 valence electrons. The maximum atomic E-state index is 13.2. The highest BCUT2D eigenvalue weighted by molar-refractivity contribution is 7.98. The van der Waals surface area contributed by atoms with Gasteiger partial charge in [0.05, 0.1) is 18.8 Å². The molecule has 0 spiro atoms. The van der Waals surface area contributed by atoms with Crippen LogP contribution in [0.2, 0.25) is 0 Å². The minimum absolute atomic E-state index is 0.0450. The van der Waals surface area contributed by atoms with Crippen LogP contribution in [0.5, 0.6) is 0 Å². The Kier molecular flexibility index (Phi) is 14.1. The van der Waals surface area contributed by atoms with Gasteiger partial charge in [-0.2, -0.15) is 11.8 Å². The summed E-state index contributed by atoms with van der Waals surface area (Å²) < 4.78 is 0. The van der Waals surface area contributed by atoms with Crippen LogP contribution in [0.15, 0.2) is 12.5 Å². The second-order valence-electron chi connectivity index (χ2n) is 8.15. The SMILES string of the molecule is CSCCC(N)C(=O)NC(Cc1cnc[nH]1)C(=O)NC(CCCCN)C(=O)NC(CC(N)=O)C(=O)O. The Balaban J connectivity index is 3.03. The van der Waals surface area contributed by atoms with Crippen LogP contribution in [0.4, 0.5) is 0 Å². The quantitative estimate of drug-likeness (QED) is 0.0936. The molecule has 1 aromatic rings. The zero-order valence-corrected chi connectivity index (χ0v) is 21.0. The molecular weight excluding hydrogens is 492 g/mol. The molecule has 4 atom stereocenters. The number of carboxylic acid groups (broad SMARTS) is 1. The Morgan fingerprint density at radius 2 is 1.67 bits per heavy atom. The zero-order chi connectivity index (χ0) is 27.1. The Morgan fingerprint density at radius 3 is 2.22 bits per heavy atom. The number of aromatic nitrogens is 2. The van der Waals surface area contributed by atoms with Gasteiger partial charge in [-0.3, -0.25) is 19.2 Å². The maximum absolute atomic E-state index is 13.2. The van der Waals surface area contributed by atoms with Crippen molar-refractivity contribution < 1.29 is 29.1 Å². The van der Waals surface area contributed by atoms with Crippen LogP contribution in [0.1, 0.15) is 37.8 Å². The highest BCUT2D eigenvalue weighted by Crippen LogP contribution is 2.07. The molecule has 4 unspecified atom stereocenters. The molecule has 4 amide bonds. The predicted molar refractivity (Wildman–Crippen MR) is 133 cm³/mol. The van der Waals surface area contributed by atoms with Crippen LogP contribution in [0, 0.1) is 0 Å². The average Bonchev–Trinajstić information content (AvgIpc) is 3.33. The molecule has 0 aliphatic heterocycles. The molecule has 36 heavy (non-hydrogen) atoms. The maximum Gasteiger partial charge on any atom is 0.326 e.